The van der Waals surface area contributed by atoms with E-state index in [9.17, 15) is 9.59 Å². The molecule has 1 heterocycles. The summed E-state index contributed by atoms with van der Waals surface area (Å²) in [6.45, 7) is 3.15. The number of aromatic nitrogens is 2. The molecule has 186 valence electrons. The molecule has 4 rings (SSSR count). The van der Waals surface area contributed by atoms with Gasteiger partial charge in [0.25, 0.3) is 5.91 Å². The van der Waals surface area contributed by atoms with Gasteiger partial charge in [-0.2, -0.15) is 0 Å². The minimum absolute atomic E-state index is 0.0107. The Kier molecular flexibility index (Phi) is 7.97. The molecular weight excluding hydrogens is 495 g/mol. The van der Waals surface area contributed by atoms with Gasteiger partial charge in [0, 0.05) is 36.3 Å². The number of para-hydroxylation sites is 1. The number of Topliss-reactive ketones (excluding diaryl/α,β-unsaturated/α-hetero) is 1. The summed E-state index contributed by atoms with van der Waals surface area (Å²) in [7, 11) is 1.79. The van der Waals surface area contributed by atoms with Gasteiger partial charge in [-0.3, -0.25) is 15.0 Å². The molecule has 0 saturated carbocycles. The summed E-state index contributed by atoms with van der Waals surface area (Å²) in [5.74, 6) is -0.224. The summed E-state index contributed by atoms with van der Waals surface area (Å²) in [6, 6.07) is 19.9. The molecule has 1 amide bonds. The Morgan fingerprint density at radius 1 is 0.972 bits per heavy atom. The van der Waals surface area contributed by atoms with Crippen molar-refractivity contribution in [2.75, 3.05) is 13.6 Å². The highest BCUT2D eigenvalue weighted by Crippen LogP contribution is 2.24. The Hall–Kier alpha value is -3.35. The fraction of sp³-hybridized carbons (Fsp3) is 0.250. The monoisotopic (exact) mass is 522 g/mol. The number of aryl methyl sites for hydroxylation is 2. The van der Waals surface area contributed by atoms with Crippen LogP contribution in [0, 0.1) is 5.41 Å². The number of carbonyl (C=O) groups excluding carboxylic acids is 2. The van der Waals surface area contributed by atoms with Crippen molar-refractivity contribution in [1.29, 1.82) is 5.41 Å². The average Bonchev–Trinajstić information content (AvgIpc) is 3.14. The van der Waals surface area contributed by atoms with Crippen LogP contribution in [0.15, 0.2) is 66.7 Å². The zero-order valence-electron chi connectivity index (χ0n) is 20.3. The number of ketones is 1. The molecule has 8 heteroatoms. The lowest BCUT2D eigenvalue weighted by Crippen LogP contribution is -2.31. The SMILES string of the molecule is CCc1cccc2c1n(CCCN(C)C(=O)c1ccccc1)c(=N)n2CC(=O)c1ccc(Cl)cc1Cl. The number of amides is 1. The largest absolute Gasteiger partial charge is 0.342 e. The van der Waals surface area contributed by atoms with Gasteiger partial charge < -0.3 is 14.0 Å². The predicted molar refractivity (Wildman–Crippen MR) is 144 cm³/mol. The predicted octanol–water partition coefficient (Wildman–Crippen LogP) is 5.84. The number of carbonyl (C=O) groups is 2. The fourth-order valence-electron chi connectivity index (χ4n) is 4.45. The molecule has 0 spiro atoms. The van der Waals surface area contributed by atoms with E-state index in [1.165, 1.54) is 0 Å². The fourth-order valence-corrected chi connectivity index (χ4v) is 4.96. The van der Waals surface area contributed by atoms with Crippen LogP contribution in [0.1, 0.15) is 39.6 Å². The van der Waals surface area contributed by atoms with Gasteiger partial charge in [0.2, 0.25) is 5.62 Å². The van der Waals surface area contributed by atoms with Gasteiger partial charge in [0.1, 0.15) is 0 Å². The molecule has 0 atom stereocenters. The molecule has 0 bridgehead atoms. The number of hydrogen-bond acceptors (Lipinski definition) is 3. The van der Waals surface area contributed by atoms with Crippen molar-refractivity contribution in [3.63, 3.8) is 0 Å². The van der Waals surface area contributed by atoms with E-state index in [0.29, 0.717) is 40.7 Å². The molecule has 0 radical (unpaired) electrons. The Balaban J connectivity index is 1.60. The summed E-state index contributed by atoms with van der Waals surface area (Å²) in [5, 5.41) is 9.69. The van der Waals surface area contributed by atoms with Gasteiger partial charge in [-0.15, -0.1) is 0 Å². The molecule has 0 aliphatic rings. The van der Waals surface area contributed by atoms with Crippen LogP contribution in [0.5, 0.6) is 0 Å². The van der Waals surface area contributed by atoms with Gasteiger partial charge >= 0.3 is 0 Å². The maximum atomic E-state index is 13.1. The van der Waals surface area contributed by atoms with Crippen molar-refractivity contribution in [2.24, 2.45) is 0 Å². The molecular formula is C28H28Cl2N4O2. The maximum Gasteiger partial charge on any atom is 0.253 e. The van der Waals surface area contributed by atoms with Gasteiger partial charge in [-0.05, 0) is 54.8 Å². The number of nitrogens with one attached hydrogen (secondary N) is 1. The summed E-state index contributed by atoms with van der Waals surface area (Å²) in [5.41, 5.74) is 4.13. The summed E-state index contributed by atoms with van der Waals surface area (Å²) in [6.07, 6.45) is 1.46. The highest BCUT2D eigenvalue weighted by molar-refractivity contribution is 6.36. The lowest BCUT2D eigenvalue weighted by atomic mass is 10.1. The van der Waals surface area contributed by atoms with Crippen LogP contribution in [-0.4, -0.2) is 39.3 Å². The van der Waals surface area contributed by atoms with Crippen molar-refractivity contribution in [3.8, 4) is 0 Å². The maximum absolute atomic E-state index is 13.1. The first kappa shape index (κ1) is 25.7. The molecule has 0 aliphatic heterocycles. The molecule has 0 aliphatic carbocycles. The molecule has 0 unspecified atom stereocenters. The van der Waals surface area contributed by atoms with Crippen LogP contribution < -0.4 is 5.62 Å². The van der Waals surface area contributed by atoms with Gasteiger partial charge in [-0.25, -0.2) is 0 Å². The number of rotatable bonds is 9. The first-order chi connectivity index (χ1) is 17.3. The summed E-state index contributed by atoms with van der Waals surface area (Å²) in [4.78, 5) is 27.5. The number of hydrogen-bond donors (Lipinski definition) is 1. The van der Waals surface area contributed by atoms with Crippen LogP contribution in [0.2, 0.25) is 10.0 Å². The zero-order valence-corrected chi connectivity index (χ0v) is 21.8. The third-order valence-corrected chi connectivity index (χ3v) is 6.87. The lowest BCUT2D eigenvalue weighted by molar-refractivity contribution is 0.0791. The Morgan fingerprint density at radius 2 is 1.72 bits per heavy atom. The average molecular weight is 523 g/mol. The molecule has 0 saturated heterocycles. The van der Waals surface area contributed by atoms with Crippen LogP contribution in [0.4, 0.5) is 0 Å². The first-order valence-electron chi connectivity index (χ1n) is 11.9. The third-order valence-electron chi connectivity index (χ3n) is 6.33. The van der Waals surface area contributed by atoms with E-state index in [0.717, 1.165) is 23.0 Å². The molecule has 0 fully saturated rings. The summed E-state index contributed by atoms with van der Waals surface area (Å²) >= 11 is 12.3. The van der Waals surface area contributed by atoms with Crippen molar-refractivity contribution in [1.82, 2.24) is 14.0 Å². The highest BCUT2D eigenvalue weighted by Gasteiger charge is 2.19. The van der Waals surface area contributed by atoms with Gasteiger partial charge in [0.05, 0.1) is 22.6 Å². The quantitative estimate of drug-likeness (QED) is 0.280. The van der Waals surface area contributed by atoms with Gasteiger partial charge in [-0.1, -0.05) is 60.5 Å². The minimum atomic E-state index is -0.190. The molecule has 1 N–H and O–H groups in total. The Morgan fingerprint density at radius 3 is 2.42 bits per heavy atom. The van der Waals surface area contributed by atoms with E-state index in [1.54, 1.807) is 46.8 Å². The minimum Gasteiger partial charge on any atom is -0.342 e. The van der Waals surface area contributed by atoms with E-state index in [4.69, 9.17) is 28.6 Å². The molecule has 3 aromatic carbocycles. The van der Waals surface area contributed by atoms with E-state index in [1.807, 2.05) is 41.0 Å². The van der Waals surface area contributed by atoms with Crippen LogP contribution >= 0.6 is 23.2 Å². The van der Waals surface area contributed by atoms with Crippen molar-refractivity contribution in [3.05, 3.63) is 99.1 Å². The van der Waals surface area contributed by atoms with Crippen LogP contribution in [0.25, 0.3) is 11.0 Å². The molecule has 4 aromatic rings. The van der Waals surface area contributed by atoms with Gasteiger partial charge in [0.15, 0.2) is 5.78 Å². The smallest absolute Gasteiger partial charge is 0.253 e. The lowest BCUT2D eigenvalue weighted by Gasteiger charge is -2.17. The summed E-state index contributed by atoms with van der Waals surface area (Å²) < 4.78 is 3.66. The third kappa shape index (κ3) is 5.25. The van der Waals surface area contributed by atoms with E-state index in [2.05, 4.69) is 6.92 Å². The number of halogens is 2. The number of imidazole rings is 1. The second-order valence-electron chi connectivity index (χ2n) is 8.69. The molecule has 6 nitrogen and oxygen atoms in total. The first-order valence-corrected chi connectivity index (χ1v) is 12.6. The second kappa shape index (κ2) is 11.1. The second-order valence-corrected chi connectivity index (χ2v) is 9.54. The van der Waals surface area contributed by atoms with Crippen LogP contribution in [-0.2, 0) is 19.5 Å². The van der Waals surface area contributed by atoms with Crippen LogP contribution in [0.3, 0.4) is 0 Å². The van der Waals surface area contributed by atoms with E-state index in [-0.39, 0.29) is 23.9 Å². The zero-order chi connectivity index (χ0) is 25.8. The molecule has 1 aromatic heterocycles. The molecule has 36 heavy (non-hydrogen) atoms. The number of nitrogens with zero attached hydrogens (tertiary/aromatic N) is 3. The number of fused-ring (bicyclic) bond motifs is 1. The van der Waals surface area contributed by atoms with Crippen molar-refractivity contribution < 1.29 is 9.59 Å². The highest BCUT2D eigenvalue weighted by atomic mass is 35.5. The topological polar surface area (TPSA) is 71.1 Å². The van der Waals surface area contributed by atoms with E-state index >= 15 is 0 Å². The normalized spacial score (nSPS) is 11.1. The number of benzene rings is 3. The van der Waals surface area contributed by atoms with Crippen molar-refractivity contribution in [2.45, 2.75) is 32.9 Å². The Labute approximate surface area is 220 Å². The standard InChI is InChI=1S/C28H28Cl2N4O2/c1-3-19-11-7-12-24-26(19)33(16-8-15-32(2)27(36)20-9-5-4-6-10-20)28(31)34(24)18-25(35)22-14-13-21(29)17-23(22)30/h4-7,9-14,17,31H,3,8,15-16,18H2,1-2H3. The van der Waals surface area contributed by atoms with Crippen molar-refractivity contribution >= 4 is 45.9 Å². The Bertz CT molecular complexity index is 1470. The van der Waals surface area contributed by atoms with E-state index < -0.39 is 0 Å².